The lowest BCUT2D eigenvalue weighted by Gasteiger charge is -2.13. The van der Waals surface area contributed by atoms with Crippen LogP contribution in [0.1, 0.15) is 15.9 Å². The molecule has 0 aliphatic rings. The first-order valence-corrected chi connectivity index (χ1v) is 9.81. The molecular weight excluding hydrogens is 455 g/mol. The van der Waals surface area contributed by atoms with Crippen molar-refractivity contribution in [3.63, 3.8) is 0 Å². The molecule has 0 saturated carbocycles. The number of hydrogen-bond donors (Lipinski definition) is 1. The van der Waals surface area contributed by atoms with Crippen LogP contribution < -0.4 is 14.2 Å². The molecule has 7 nitrogen and oxygen atoms in total. The van der Waals surface area contributed by atoms with Crippen molar-refractivity contribution in [3.05, 3.63) is 59.8 Å². The first-order chi connectivity index (χ1) is 16.2. The highest BCUT2D eigenvalue weighted by molar-refractivity contribution is 5.95. The number of aromatic carboxylic acids is 1. The molecule has 0 bridgehead atoms. The van der Waals surface area contributed by atoms with Crippen LogP contribution in [0.25, 0.3) is 33.6 Å². The molecular formula is C24H18F3NO6. The summed E-state index contributed by atoms with van der Waals surface area (Å²) in [6.45, 7) is 0. The van der Waals surface area contributed by atoms with E-state index in [1.807, 2.05) is 0 Å². The van der Waals surface area contributed by atoms with Crippen LogP contribution in [0.2, 0.25) is 0 Å². The Hall–Kier alpha value is -4.21. The van der Waals surface area contributed by atoms with Crippen LogP contribution in [0.3, 0.4) is 0 Å². The van der Waals surface area contributed by atoms with Gasteiger partial charge in [-0.1, -0.05) is 0 Å². The number of ether oxygens (including phenoxy) is 3. The fourth-order valence-electron chi connectivity index (χ4n) is 3.60. The molecule has 0 unspecified atom stereocenters. The zero-order valence-electron chi connectivity index (χ0n) is 18.2. The fourth-order valence-corrected chi connectivity index (χ4v) is 3.60. The number of aromatic nitrogens is 1. The summed E-state index contributed by atoms with van der Waals surface area (Å²) in [6.07, 6.45) is -3.32. The molecule has 0 saturated heterocycles. The Morgan fingerprint density at radius 1 is 0.941 bits per heavy atom. The molecule has 176 valence electrons. The number of methoxy groups -OCH3 is 3. The van der Waals surface area contributed by atoms with Gasteiger partial charge in [0.1, 0.15) is 11.3 Å². The van der Waals surface area contributed by atoms with Crippen LogP contribution in [0.4, 0.5) is 13.2 Å². The van der Waals surface area contributed by atoms with Gasteiger partial charge in [0, 0.05) is 23.4 Å². The van der Waals surface area contributed by atoms with Crippen molar-refractivity contribution in [2.75, 3.05) is 21.3 Å². The number of carbonyl (C=O) groups is 1. The highest BCUT2D eigenvalue weighted by Gasteiger charge is 2.32. The summed E-state index contributed by atoms with van der Waals surface area (Å²) in [5.74, 6) is 0.0209. The van der Waals surface area contributed by atoms with Gasteiger partial charge in [-0.05, 0) is 42.0 Å². The summed E-state index contributed by atoms with van der Waals surface area (Å²) in [4.78, 5) is 15.7. The van der Waals surface area contributed by atoms with Gasteiger partial charge >= 0.3 is 12.1 Å². The number of furan rings is 1. The molecule has 2 aromatic carbocycles. The van der Waals surface area contributed by atoms with Crippen LogP contribution in [0.15, 0.2) is 53.1 Å². The topological polar surface area (TPSA) is 91.0 Å². The molecule has 0 fully saturated rings. The minimum Gasteiger partial charge on any atom is -0.493 e. The molecule has 0 aliphatic carbocycles. The molecule has 4 aromatic rings. The highest BCUT2D eigenvalue weighted by atomic mass is 19.4. The number of pyridine rings is 1. The highest BCUT2D eigenvalue weighted by Crippen LogP contribution is 2.43. The number of nitrogens with zero attached hydrogens (tertiary/aromatic N) is 1. The van der Waals surface area contributed by atoms with Gasteiger partial charge in [-0.25, -0.2) is 4.79 Å². The summed E-state index contributed by atoms with van der Waals surface area (Å²) in [6, 6.07) is 9.03. The second-order valence-electron chi connectivity index (χ2n) is 7.20. The number of fused-ring (bicyclic) bond motifs is 1. The van der Waals surface area contributed by atoms with Gasteiger partial charge in [0.15, 0.2) is 17.1 Å². The monoisotopic (exact) mass is 473 g/mol. The van der Waals surface area contributed by atoms with E-state index in [0.717, 1.165) is 12.1 Å². The average molecular weight is 473 g/mol. The molecule has 1 N–H and O–H groups in total. The van der Waals surface area contributed by atoms with E-state index < -0.39 is 23.3 Å². The Kier molecular flexibility index (Phi) is 5.82. The maximum absolute atomic E-state index is 13.4. The van der Waals surface area contributed by atoms with Crippen LogP contribution >= 0.6 is 0 Å². The molecule has 34 heavy (non-hydrogen) atoms. The van der Waals surface area contributed by atoms with E-state index in [-0.39, 0.29) is 16.7 Å². The summed E-state index contributed by atoms with van der Waals surface area (Å²) < 4.78 is 62.3. The summed E-state index contributed by atoms with van der Waals surface area (Å²) in [5, 5.41) is 9.32. The molecule has 0 spiro atoms. The van der Waals surface area contributed by atoms with Gasteiger partial charge in [0.05, 0.1) is 32.5 Å². The zero-order chi connectivity index (χ0) is 24.6. The molecule has 0 radical (unpaired) electrons. The zero-order valence-corrected chi connectivity index (χ0v) is 18.2. The maximum Gasteiger partial charge on any atom is 0.416 e. The first kappa shape index (κ1) is 23.0. The average Bonchev–Trinajstić information content (AvgIpc) is 3.26. The van der Waals surface area contributed by atoms with E-state index in [4.69, 9.17) is 18.6 Å². The summed E-state index contributed by atoms with van der Waals surface area (Å²) >= 11 is 0. The first-order valence-electron chi connectivity index (χ1n) is 9.81. The van der Waals surface area contributed by atoms with Crippen LogP contribution in [0, 0.1) is 0 Å². The van der Waals surface area contributed by atoms with Crippen molar-refractivity contribution in [2.45, 2.75) is 6.18 Å². The lowest BCUT2D eigenvalue weighted by atomic mass is 9.99. The standard InChI is InChI=1S/C24H18F3NO6/c1-31-19-9-13(10-20(32-2)22(19)33-3)18-11-17-21(34-18)16(4-5-28-17)12-6-14(23(29)30)8-15(7-12)24(25,26)27/h4-11H,1-3H3,(H,29,30). The minimum atomic E-state index is -4.73. The van der Waals surface area contributed by atoms with E-state index in [1.165, 1.54) is 33.6 Å². The molecule has 0 aliphatic heterocycles. The number of alkyl halides is 3. The number of carboxylic acid groups (broad SMARTS) is 1. The van der Waals surface area contributed by atoms with Crippen molar-refractivity contribution in [1.82, 2.24) is 4.98 Å². The maximum atomic E-state index is 13.4. The van der Waals surface area contributed by atoms with Crippen molar-refractivity contribution in [3.8, 4) is 39.7 Å². The quantitative estimate of drug-likeness (QED) is 0.373. The van der Waals surface area contributed by atoms with Gasteiger partial charge in [-0.2, -0.15) is 13.2 Å². The number of halogens is 3. The molecule has 10 heteroatoms. The summed E-state index contributed by atoms with van der Waals surface area (Å²) in [5.41, 5.74) is -0.163. The third-order valence-corrected chi connectivity index (χ3v) is 5.18. The Labute approximate surface area is 191 Å². The van der Waals surface area contributed by atoms with Crippen LogP contribution in [-0.2, 0) is 6.18 Å². The van der Waals surface area contributed by atoms with Gasteiger partial charge in [-0.3, -0.25) is 4.98 Å². The van der Waals surface area contributed by atoms with E-state index in [9.17, 15) is 23.1 Å². The van der Waals surface area contributed by atoms with Gasteiger partial charge < -0.3 is 23.7 Å². The molecule has 2 heterocycles. The van der Waals surface area contributed by atoms with Crippen LogP contribution in [-0.4, -0.2) is 37.4 Å². The van der Waals surface area contributed by atoms with E-state index in [2.05, 4.69) is 4.98 Å². The van der Waals surface area contributed by atoms with Crippen molar-refractivity contribution in [2.24, 2.45) is 0 Å². The van der Waals surface area contributed by atoms with E-state index in [0.29, 0.717) is 40.2 Å². The van der Waals surface area contributed by atoms with Crippen molar-refractivity contribution >= 4 is 17.1 Å². The van der Waals surface area contributed by atoms with Crippen LogP contribution in [0.5, 0.6) is 17.2 Å². The Morgan fingerprint density at radius 2 is 1.62 bits per heavy atom. The van der Waals surface area contributed by atoms with Crippen molar-refractivity contribution in [1.29, 1.82) is 0 Å². The molecule has 4 rings (SSSR count). The SMILES string of the molecule is COc1cc(-c2cc3nccc(-c4cc(C(=O)O)cc(C(F)(F)F)c4)c3o2)cc(OC)c1OC. The Morgan fingerprint density at radius 3 is 2.18 bits per heavy atom. The predicted octanol–water partition coefficient (Wildman–Crippen LogP) is 5.90. The molecule has 2 aromatic heterocycles. The number of benzene rings is 2. The normalized spacial score (nSPS) is 11.5. The second kappa shape index (κ2) is 8.62. The third kappa shape index (κ3) is 4.09. The third-order valence-electron chi connectivity index (χ3n) is 5.18. The minimum absolute atomic E-state index is 0.0328. The molecule has 0 atom stereocenters. The number of hydrogen-bond acceptors (Lipinski definition) is 6. The Bertz CT molecular complexity index is 1370. The van der Waals surface area contributed by atoms with E-state index in [1.54, 1.807) is 18.2 Å². The van der Waals surface area contributed by atoms with Gasteiger partial charge in [-0.15, -0.1) is 0 Å². The lowest BCUT2D eigenvalue weighted by Crippen LogP contribution is -2.08. The Balaban J connectivity index is 1.91. The number of rotatable bonds is 6. The molecule has 0 amide bonds. The van der Waals surface area contributed by atoms with Crippen molar-refractivity contribution < 1.29 is 41.7 Å². The second-order valence-corrected chi connectivity index (χ2v) is 7.20. The smallest absolute Gasteiger partial charge is 0.416 e. The van der Waals surface area contributed by atoms with E-state index >= 15 is 0 Å². The summed E-state index contributed by atoms with van der Waals surface area (Å²) in [7, 11) is 4.40. The van der Waals surface area contributed by atoms with Gasteiger partial charge in [0.2, 0.25) is 5.75 Å². The number of carboxylic acids is 1. The fraction of sp³-hybridized carbons (Fsp3) is 0.167. The largest absolute Gasteiger partial charge is 0.493 e. The van der Waals surface area contributed by atoms with Gasteiger partial charge in [0.25, 0.3) is 0 Å². The predicted molar refractivity (Wildman–Crippen MR) is 116 cm³/mol. The lowest BCUT2D eigenvalue weighted by molar-refractivity contribution is -0.137.